The molecule has 0 aromatic heterocycles. The van der Waals surface area contributed by atoms with Gasteiger partial charge in [-0.15, -0.1) is 24.0 Å². The molecule has 7 heteroatoms. The number of anilines is 1. The Morgan fingerprint density at radius 1 is 1.18 bits per heavy atom. The molecule has 1 aliphatic rings. The third-order valence-corrected chi connectivity index (χ3v) is 5.01. The van der Waals surface area contributed by atoms with Gasteiger partial charge in [-0.3, -0.25) is 9.79 Å². The average molecular weight is 501 g/mol. The molecule has 1 aromatic rings. The van der Waals surface area contributed by atoms with Gasteiger partial charge in [0.25, 0.3) is 0 Å². The third-order valence-electron chi connectivity index (χ3n) is 5.01. The van der Waals surface area contributed by atoms with Crippen molar-refractivity contribution in [1.29, 1.82) is 0 Å². The van der Waals surface area contributed by atoms with Crippen molar-refractivity contribution in [3.63, 3.8) is 0 Å². The van der Waals surface area contributed by atoms with Gasteiger partial charge in [0.05, 0.1) is 6.54 Å². The number of aliphatic imine (C=N–C) groups is 1. The van der Waals surface area contributed by atoms with E-state index >= 15 is 0 Å². The lowest BCUT2D eigenvalue weighted by atomic mass is 9.91. The van der Waals surface area contributed by atoms with Gasteiger partial charge in [0.2, 0.25) is 5.91 Å². The predicted octanol–water partition coefficient (Wildman–Crippen LogP) is 3.41. The lowest BCUT2D eigenvalue weighted by Crippen LogP contribution is -2.38. The molecular weight excluding hydrogens is 465 g/mol. The van der Waals surface area contributed by atoms with Gasteiger partial charge in [-0.25, -0.2) is 0 Å². The molecule has 0 fully saturated rings. The molecule has 1 unspecified atom stereocenters. The standard InChI is InChI=1S/C21H35N5O.HI/c1-4-22-21(23-13-9-10-14-26(5-2)6-3)24-16-17-15-20(27)25-19-12-8-7-11-18(17)19;/h7-8,11-12,17H,4-6,9-10,13-16H2,1-3H3,(H,25,27)(H2,22,23,24);1H. The second-order valence-corrected chi connectivity index (χ2v) is 6.92. The summed E-state index contributed by atoms with van der Waals surface area (Å²) in [4.78, 5) is 19.1. The summed E-state index contributed by atoms with van der Waals surface area (Å²) >= 11 is 0. The van der Waals surface area contributed by atoms with Gasteiger partial charge >= 0.3 is 0 Å². The fourth-order valence-electron chi connectivity index (χ4n) is 3.41. The van der Waals surface area contributed by atoms with Gasteiger partial charge in [-0.05, 0) is 51.0 Å². The van der Waals surface area contributed by atoms with E-state index in [1.54, 1.807) is 0 Å². The van der Waals surface area contributed by atoms with E-state index in [0.717, 1.165) is 50.8 Å². The van der Waals surface area contributed by atoms with Gasteiger partial charge in [-0.2, -0.15) is 0 Å². The van der Waals surface area contributed by atoms with Crippen molar-refractivity contribution in [2.45, 2.75) is 46.0 Å². The number of carbonyl (C=O) groups excluding carboxylic acids is 1. The van der Waals surface area contributed by atoms with Crippen molar-refractivity contribution in [1.82, 2.24) is 15.5 Å². The Labute approximate surface area is 187 Å². The highest BCUT2D eigenvalue weighted by atomic mass is 127. The second kappa shape index (κ2) is 13.8. The number of carbonyl (C=O) groups is 1. The first-order valence-corrected chi connectivity index (χ1v) is 10.3. The fourth-order valence-corrected chi connectivity index (χ4v) is 3.41. The highest BCUT2D eigenvalue weighted by Gasteiger charge is 2.24. The van der Waals surface area contributed by atoms with E-state index in [4.69, 9.17) is 4.99 Å². The minimum atomic E-state index is 0. The fraction of sp³-hybridized carbons (Fsp3) is 0.619. The molecule has 1 amide bonds. The van der Waals surface area contributed by atoms with Crippen molar-refractivity contribution >= 4 is 41.5 Å². The number of amides is 1. The Hall–Kier alpha value is -1.35. The maximum Gasteiger partial charge on any atom is 0.225 e. The molecule has 1 atom stereocenters. The maximum atomic E-state index is 12.0. The number of fused-ring (bicyclic) bond motifs is 1. The molecule has 2 rings (SSSR count). The van der Waals surface area contributed by atoms with Gasteiger partial charge in [0.1, 0.15) is 0 Å². The minimum absolute atomic E-state index is 0. The van der Waals surface area contributed by atoms with Crippen molar-refractivity contribution in [2.24, 2.45) is 4.99 Å². The van der Waals surface area contributed by atoms with E-state index in [-0.39, 0.29) is 35.8 Å². The maximum absolute atomic E-state index is 12.0. The largest absolute Gasteiger partial charge is 0.357 e. The van der Waals surface area contributed by atoms with Crippen molar-refractivity contribution in [3.8, 4) is 0 Å². The average Bonchev–Trinajstić information content (AvgIpc) is 2.68. The number of unbranched alkanes of at least 4 members (excludes halogenated alkanes) is 1. The lowest BCUT2D eigenvalue weighted by Gasteiger charge is -2.24. The molecule has 1 aromatic carbocycles. The van der Waals surface area contributed by atoms with Gasteiger partial charge in [-0.1, -0.05) is 32.0 Å². The Morgan fingerprint density at radius 2 is 1.93 bits per heavy atom. The quantitative estimate of drug-likeness (QED) is 0.199. The summed E-state index contributed by atoms with van der Waals surface area (Å²) in [6.45, 7) is 12.2. The van der Waals surface area contributed by atoms with Crippen LogP contribution in [0.15, 0.2) is 29.3 Å². The summed E-state index contributed by atoms with van der Waals surface area (Å²) in [6.07, 6.45) is 2.80. The summed E-state index contributed by atoms with van der Waals surface area (Å²) in [6, 6.07) is 8.02. The van der Waals surface area contributed by atoms with Crippen LogP contribution in [0, 0.1) is 0 Å². The number of nitrogens with one attached hydrogen (secondary N) is 3. The highest BCUT2D eigenvalue weighted by Crippen LogP contribution is 2.31. The second-order valence-electron chi connectivity index (χ2n) is 6.92. The molecule has 28 heavy (non-hydrogen) atoms. The first kappa shape index (κ1) is 24.7. The van der Waals surface area contributed by atoms with Crippen LogP contribution in [0.25, 0.3) is 0 Å². The van der Waals surface area contributed by atoms with E-state index < -0.39 is 0 Å². The molecule has 0 spiro atoms. The highest BCUT2D eigenvalue weighted by molar-refractivity contribution is 14.0. The SMILES string of the molecule is CCNC(=NCC1CC(=O)Nc2ccccc21)NCCCCN(CC)CC.I. The number of rotatable bonds is 10. The van der Waals surface area contributed by atoms with Crippen LogP contribution in [0.2, 0.25) is 0 Å². The molecule has 3 N–H and O–H groups in total. The van der Waals surface area contributed by atoms with Crippen LogP contribution < -0.4 is 16.0 Å². The Bertz CT molecular complexity index is 619. The van der Waals surface area contributed by atoms with Crippen LogP contribution in [0.4, 0.5) is 5.69 Å². The summed E-state index contributed by atoms with van der Waals surface area (Å²) in [5.41, 5.74) is 2.10. The van der Waals surface area contributed by atoms with Crippen LogP contribution >= 0.6 is 24.0 Å². The van der Waals surface area contributed by atoms with Gasteiger partial charge in [0.15, 0.2) is 5.96 Å². The number of hydrogen-bond acceptors (Lipinski definition) is 3. The van der Waals surface area contributed by atoms with E-state index in [1.165, 1.54) is 12.0 Å². The molecule has 1 aliphatic heterocycles. The normalized spacial score (nSPS) is 16.2. The topological polar surface area (TPSA) is 68.8 Å². The van der Waals surface area contributed by atoms with Crippen molar-refractivity contribution in [2.75, 3.05) is 44.6 Å². The summed E-state index contributed by atoms with van der Waals surface area (Å²) < 4.78 is 0. The van der Waals surface area contributed by atoms with Gasteiger partial charge < -0.3 is 20.9 Å². The van der Waals surface area contributed by atoms with Crippen molar-refractivity contribution in [3.05, 3.63) is 29.8 Å². The Morgan fingerprint density at radius 3 is 2.64 bits per heavy atom. The van der Waals surface area contributed by atoms with Crippen LogP contribution in [0.1, 0.15) is 51.5 Å². The summed E-state index contributed by atoms with van der Waals surface area (Å²) in [5, 5.41) is 9.68. The summed E-state index contributed by atoms with van der Waals surface area (Å²) in [5.74, 6) is 1.04. The Balaban J connectivity index is 0.00000392. The number of nitrogens with zero attached hydrogens (tertiary/aromatic N) is 2. The molecule has 0 radical (unpaired) electrons. The molecule has 1 heterocycles. The first-order valence-electron chi connectivity index (χ1n) is 10.3. The molecule has 0 saturated heterocycles. The van der Waals surface area contributed by atoms with E-state index in [1.807, 2.05) is 18.2 Å². The zero-order chi connectivity index (χ0) is 19.5. The zero-order valence-electron chi connectivity index (χ0n) is 17.5. The zero-order valence-corrected chi connectivity index (χ0v) is 19.8. The molecule has 0 bridgehead atoms. The first-order chi connectivity index (χ1) is 13.2. The lowest BCUT2D eigenvalue weighted by molar-refractivity contribution is -0.116. The monoisotopic (exact) mass is 501 g/mol. The predicted molar refractivity (Wildman–Crippen MR) is 129 cm³/mol. The smallest absolute Gasteiger partial charge is 0.225 e. The number of hydrogen-bond donors (Lipinski definition) is 3. The van der Waals surface area contributed by atoms with E-state index in [0.29, 0.717) is 13.0 Å². The van der Waals surface area contributed by atoms with Crippen LogP contribution in [0.3, 0.4) is 0 Å². The number of para-hydroxylation sites is 1. The minimum Gasteiger partial charge on any atom is -0.357 e. The van der Waals surface area contributed by atoms with Crippen molar-refractivity contribution < 1.29 is 4.79 Å². The molecule has 0 saturated carbocycles. The number of halogens is 1. The Kier molecular flexibility index (Phi) is 12.1. The molecular formula is C21H36IN5O. The molecule has 6 nitrogen and oxygen atoms in total. The van der Waals surface area contributed by atoms with E-state index in [9.17, 15) is 4.79 Å². The number of guanidine groups is 1. The number of benzene rings is 1. The van der Waals surface area contributed by atoms with Crippen LogP contribution in [0.5, 0.6) is 0 Å². The third kappa shape index (κ3) is 7.95. The van der Waals surface area contributed by atoms with Crippen LogP contribution in [-0.2, 0) is 4.79 Å². The van der Waals surface area contributed by atoms with E-state index in [2.05, 4.69) is 47.7 Å². The molecule has 158 valence electrons. The van der Waals surface area contributed by atoms with Crippen LogP contribution in [-0.4, -0.2) is 56.0 Å². The molecule has 0 aliphatic carbocycles. The van der Waals surface area contributed by atoms with Gasteiger partial charge in [0, 0.05) is 31.1 Å². The summed E-state index contributed by atoms with van der Waals surface area (Å²) in [7, 11) is 0.